The Morgan fingerprint density at radius 1 is 0.400 bits per heavy atom. The van der Waals surface area contributed by atoms with E-state index >= 15 is 0 Å². The number of hydrogen-bond acceptors (Lipinski definition) is 14. The quantitative estimate of drug-likeness (QED) is 0.0172. The first-order valence-electron chi connectivity index (χ1n) is 33.1. The van der Waals surface area contributed by atoms with Crippen LogP contribution in [-0.4, -0.2) is 142 Å². The molecule has 11 unspecified atom stereocenters. The second-order valence-electron chi connectivity index (χ2n) is 22.6. The third-order valence-electron chi connectivity index (χ3n) is 15.0. The van der Waals surface area contributed by atoms with Crippen LogP contribution in [0.4, 0.5) is 0 Å². The summed E-state index contributed by atoms with van der Waals surface area (Å²) in [5, 5.41) is 72.6. The van der Waals surface area contributed by atoms with Crippen LogP contribution in [0.3, 0.4) is 0 Å². The Hall–Kier alpha value is -3.61. The average Bonchev–Trinajstić information content (AvgIpc) is 3.68. The van der Waals surface area contributed by atoms with Crippen LogP contribution in [0, 0.1) is 0 Å². The number of carbonyl (C=O) groups excluding carboxylic acids is 1. The van der Waals surface area contributed by atoms with Gasteiger partial charge in [0.1, 0.15) is 54.9 Å². The van der Waals surface area contributed by atoms with Crippen molar-refractivity contribution in [1.29, 1.82) is 0 Å². The highest BCUT2D eigenvalue weighted by atomic mass is 16.7. The zero-order chi connectivity index (χ0) is 61.5. The molecule has 0 saturated carbocycles. The van der Waals surface area contributed by atoms with Crippen LogP contribution in [0.1, 0.15) is 219 Å². The second kappa shape index (κ2) is 55.7. The van der Waals surface area contributed by atoms with Crippen LogP contribution < -0.4 is 0 Å². The van der Waals surface area contributed by atoms with Crippen molar-refractivity contribution in [2.24, 2.45) is 0 Å². The first-order valence-corrected chi connectivity index (χ1v) is 33.1. The largest absolute Gasteiger partial charge is 0.457 e. The van der Waals surface area contributed by atoms with E-state index in [0.717, 1.165) is 103 Å². The Morgan fingerprint density at radius 2 is 0.765 bits per heavy atom. The third-order valence-corrected chi connectivity index (χ3v) is 15.0. The number of carbonyl (C=O) groups is 1. The molecule has 2 aliphatic rings. The van der Waals surface area contributed by atoms with E-state index in [-0.39, 0.29) is 19.6 Å². The molecule has 0 aliphatic carbocycles. The molecule has 2 heterocycles. The van der Waals surface area contributed by atoms with Gasteiger partial charge in [0.15, 0.2) is 12.6 Å². The van der Waals surface area contributed by atoms with E-state index in [4.69, 9.17) is 28.4 Å². The first kappa shape index (κ1) is 77.5. The molecule has 85 heavy (non-hydrogen) atoms. The number of aliphatic hydroxyl groups is 7. The fourth-order valence-electron chi connectivity index (χ4n) is 9.68. The molecule has 11 atom stereocenters. The lowest BCUT2D eigenvalue weighted by atomic mass is 9.98. The molecule has 0 spiro atoms. The summed E-state index contributed by atoms with van der Waals surface area (Å²) in [7, 11) is 0. The van der Waals surface area contributed by atoms with E-state index < -0.39 is 86.7 Å². The number of ether oxygens (including phenoxy) is 6. The van der Waals surface area contributed by atoms with Gasteiger partial charge in [-0.1, -0.05) is 225 Å². The van der Waals surface area contributed by atoms with Crippen LogP contribution in [0.5, 0.6) is 0 Å². The number of hydrogen-bond donors (Lipinski definition) is 7. The molecule has 0 radical (unpaired) electrons. The van der Waals surface area contributed by atoms with E-state index in [1.165, 1.54) is 89.9 Å². The van der Waals surface area contributed by atoms with Crippen molar-refractivity contribution in [3.8, 4) is 0 Å². The van der Waals surface area contributed by atoms with Gasteiger partial charge in [-0.2, -0.15) is 0 Å². The van der Waals surface area contributed by atoms with Crippen LogP contribution >= 0.6 is 0 Å². The van der Waals surface area contributed by atoms with Crippen molar-refractivity contribution in [3.63, 3.8) is 0 Å². The molecule has 2 aliphatic heterocycles. The van der Waals surface area contributed by atoms with E-state index in [1.54, 1.807) is 0 Å². The number of aliphatic hydroxyl groups excluding tert-OH is 7. The maximum Gasteiger partial charge on any atom is 0.306 e. The molecule has 486 valence electrons. The van der Waals surface area contributed by atoms with Crippen LogP contribution in [0.15, 0.2) is 122 Å². The minimum Gasteiger partial charge on any atom is -0.457 e. The number of rotatable bonds is 53. The van der Waals surface area contributed by atoms with Gasteiger partial charge in [-0.3, -0.25) is 4.79 Å². The molecule has 2 rings (SSSR count). The van der Waals surface area contributed by atoms with Gasteiger partial charge in [0.25, 0.3) is 0 Å². The summed E-state index contributed by atoms with van der Waals surface area (Å²) in [4.78, 5) is 13.1. The average molecular weight is 1200 g/mol. The zero-order valence-corrected chi connectivity index (χ0v) is 52.5. The van der Waals surface area contributed by atoms with Crippen molar-refractivity contribution in [1.82, 2.24) is 0 Å². The Bertz CT molecular complexity index is 1870. The molecule has 0 aromatic rings. The van der Waals surface area contributed by atoms with Gasteiger partial charge in [0, 0.05) is 13.0 Å². The molecule has 14 nitrogen and oxygen atoms in total. The molecule has 2 fully saturated rings. The molecular weight excluding hydrogens is 1080 g/mol. The zero-order valence-electron chi connectivity index (χ0n) is 52.5. The highest BCUT2D eigenvalue weighted by Gasteiger charge is 2.47. The fraction of sp³-hybridized carbons (Fsp3) is 0.704. The maximum atomic E-state index is 13.1. The summed E-state index contributed by atoms with van der Waals surface area (Å²) in [6, 6.07) is 0. The highest BCUT2D eigenvalue weighted by molar-refractivity contribution is 5.69. The predicted molar refractivity (Wildman–Crippen MR) is 344 cm³/mol. The monoisotopic (exact) mass is 1190 g/mol. The van der Waals surface area contributed by atoms with Crippen molar-refractivity contribution in [2.45, 2.75) is 287 Å². The summed E-state index contributed by atoms with van der Waals surface area (Å²) >= 11 is 0. The van der Waals surface area contributed by atoms with Crippen LogP contribution in [0.2, 0.25) is 0 Å². The van der Waals surface area contributed by atoms with Gasteiger partial charge < -0.3 is 64.2 Å². The minimum absolute atomic E-state index is 0.0377. The molecule has 0 bridgehead atoms. The van der Waals surface area contributed by atoms with Crippen molar-refractivity contribution in [3.05, 3.63) is 122 Å². The lowest BCUT2D eigenvalue weighted by Crippen LogP contribution is -2.61. The lowest BCUT2D eigenvalue weighted by Gasteiger charge is -2.42. The fourth-order valence-corrected chi connectivity index (χ4v) is 9.68. The van der Waals surface area contributed by atoms with Crippen LogP contribution in [-0.2, 0) is 33.2 Å². The minimum atomic E-state index is -1.72. The van der Waals surface area contributed by atoms with E-state index in [0.29, 0.717) is 13.0 Å². The van der Waals surface area contributed by atoms with Gasteiger partial charge in [0.05, 0.1) is 26.4 Å². The first-order chi connectivity index (χ1) is 41.6. The van der Waals surface area contributed by atoms with Crippen molar-refractivity contribution >= 4 is 5.97 Å². The Balaban J connectivity index is 1.69. The molecule has 2 saturated heterocycles. The van der Waals surface area contributed by atoms with Gasteiger partial charge in [-0.15, -0.1) is 0 Å². The van der Waals surface area contributed by atoms with Crippen molar-refractivity contribution < 1.29 is 69.0 Å². The molecule has 0 amide bonds. The summed E-state index contributed by atoms with van der Waals surface area (Å²) in [6.07, 6.45) is 62.6. The summed E-state index contributed by atoms with van der Waals surface area (Å²) in [6.45, 7) is 3.51. The molecule has 0 aromatic carbocycles. The standard InChI is InChI=1S/C71H118O14/c1-3-5-7-9-11-13-15-17-19-21-23-25-27-29-31-33-35-37-39-41-43-45-47-49-51-53-55-80-57-60(58-81-70-69(79)67(77)65(75)62(85-70)59-82-71-68(78)66(76)64(74)61(56-72)84-71)83-63(73)54-52-50-48-46-44-42-40-38-36-34-32-30-28-26-24-22-20-18-16-14-12-10-8-6-4-2/h6,8,12,14-15,17-18,20-21,23-24,26-27,29-30,32,36,38,42,44,60-62,64-72,74-79H,3-5,7,9-11,13,16,19,22,25,28,31,33-35,37,39-41,43,45-59H2,1-2H3/b8-6-,14-12-,17-15-,20-18-,23-21-,26-24-,29-27-,32-30-,38-36-,44-42-. The Kier molecular flexibility index (Phi) is 50.8. The Morgan fingerprint density at radius 3 is 1.20 bits per heavy atom. The Labute approximate surface area is 514 Å². The topological polar surface area (TPSA) is 214 Å². The highest BCUT2D eigenvalue weighted by Crippen LogP contribution is 2.27. The second-order valence-corrected chi connectivity index (χ2v) is 22.6. The van der Waals surface area contributed by atoms with Gasteiger partial charge in [-0.25, -0.2) is 0 Å². The number of allylic oxidation sites excluding steroid dienone is 20. The van der Waals surface area contributed by atoms with E-state index in [2.05, 4.69) is 135 Å². The molecular formula is C71H118O14. The van der Waals surface area contributed by atoms with Crippen molar-refractivity contribution in [2.75, 3.05) is 33.0 Å². The third kappa shape index (κ3) is 41.3. The molecule has 7 N–H and O–H groups in total. The lowest BCUT2D eigenvalue weighted by molar-refractivity contribution is -0.332. The summed E-state index contributed by atoms with van der Waals surface area (Å²) < 4.78 is 34.5. The molecule has 0 aromatic heterocycles. The van der Waals surface area contributed by atoms with E-state index in [1.807, 2.05) is 0 Å². The smallest absolute Gasteiger partial charge is 0.306 e. The van der Waals surface area contributed by atoms with Crippen LogP contribution in [0.25, 0.3) is 0 Å². The van der Waals surface area contributed by atoms with Gasteiger partial charge in [-0.05, 0) is 109 Å². The summed E-state index contributed by atoms with van der Waals surface area (Å²) in [5.41, 5.74) is 0. The normalized spacial score (nSPS) is 24.0. The van der Waals surface area contributed by atoms with Gasteiger partial charge in [0.2, 0.25) is 0 Å². The predicted octanol–water partition coefficient (Wildman–Crippen LogP) is 13.6. The van der Waals surface area contributed by atoms with Gasteiger partial charge >= 0.3 is 5.97 Å². The number of unbranched alkanes of at least 4 members (excludes halogenated alkanes) is 19. The number of esters is 1. The maximum absolute atomic E-state index is 13.1. The molecule has 14 heteroatoms. The SMILES string of the molecule is CC/C=C\C/C=C\C/C=C\C/C=C\C/C=C\C/C=C\C/C=C\CCCCCC(=O)OC(COCCCCCCCCCCCCC/C=C\C/C=C\C/C=C\CCCCCCC)COC1OC(COC2OC(CO)C(O)C(O)C2O)C(O)C(O)C1O. The summed E-state index contributed by atoms with van der Waals surface area (Å²) in [5.74, 6) is -0.412. The van der Waals surface area contributed by atoms with E-state index in [9.17, 15) is 40.5 Å².